The van der Waals surface area contributed by atoms with Gasteiger partial charge >= 0.3 is 0 Å². The molecular weight excluding hydrogens is 252 g/mol. The summed E-state index contributed by atoms with van der Waals surface area (Å²) in [5.74, 6) is 0.953. The minimum absolute atomic E-state index is 0.304. The van der Waals surface area contributed by atoms with Crippen molar-refractivity contribution in [1.29, 1.82) is 0 Å². The molecule has 0 spiro atoms. The minimum Gasteiger partial charge on any atom is -0.294 e. The van der Waals surface area contributed by atoms with Gasteiger partial charge in [-0.05, 0) is 24.5 Å². The van der Waals surface area contributed by atoms with Gasteiger partial charge in [0.1, 0.15) is 0 Å². The minimum atomic E-state index is 0.304. The van der Waals surface area contributed by atoms with Gasteiger partial charge in [0.2, 0.25) is 0 Å². The van der Waals surface area contributed by atoms with Crippen LogP contribution in [0.1, 0.15) is 41.6 Å². The maximum Gasteiger partial charge on any atom is 0.163 e. The van der Waals surface area contributed by atoms with Gasteiger partial charge in [-0.2, -0.15) is 0 Å². The largest absolute Gasteiger partial charge is 0.294 e. The number of Topliss-reactive ketones (excluding diaryl/α,β-unsaturated/α-hetero) is 1. The third-order valence-corrected chi connectivity index (χ3v) is 4.13. The molecule has 15 heavy (non-hydrogen) atoms. The molecule has 0 amide bonds. The summed E-state index contributed by atoms with van der Waals surface area (Å²) in [6, 6.07) is 5.85. The molecule has 0 bridgehead atoms. The molecule has 0 N–H and O–H groups in total. The van der Waals surface area contributed by atoms with E-state index < -0.39 is 0 Å². The molecule has 1 aliphatic carbocycles. The zero-order valence-corrected chi connectivity index (χ0v) is 10.5. The van der Waals surface area contributed by atoms with Crippen molar-refractivity contribution in [3.8, 4) is 0 Å². The number of hydrogen-bond acceptors (Lipinski definition) is 1. The second-order valence-electron chi connectivity index (χ2n) is 4.34. The average molecular weight is 267 g/mol. The van der Waals surface area contributed by atoms with E-state index in [4.69, 9.17) is 0 Å². The molecule has 2 rings (SSSR count). The highest BCUT2D eigenvalue weighted by atomic mass is 79.9. The van der Waals surface area contributed by atoms with Crippen LogP contribution in [0.2, 0.25) is 0 Å². The van der Waals surface area contributed by atoms with Crippen LogP contribution in [0.4, 0.5) is 0 Å². The SMILES string of the molecule is Cc1c(Br)cccc1C(=O)CC1CCC1. The summed E-state index contributed by atoms with van der Waals surface area (Å²) >= 11 is 3.46. The number of hydrogen-bond donors (Lipinski definition) is 0. The molecule has 1 nitrogen and oxygen atoms in total. The molecule has 2 heteroatoms. The predicted molar refractivity (Wildman–Crippen MR) is 65.2 cm³/mol. The van der Waals surface area contributed by atoms with Crippen LogP contribution in [-0.4, -0.2) is 5.78 Å². The van der Waals surface area contributed by atoms with Crippen LogP contribution < -0.4 is 0 Å². The first kappa shape index (κ1) is 10.9. The van der Waals surface area contributed by atoms with Gasteiger partial charge in [0.25, 0.3) is 0 Å². The van der Waals surface area contributed by atoms with Gasteiger partial charge in [0.05, 0.1) is 0 Å². The third-order valence-electron chi connectivity index (χ3n) is 3.27. The van der Waals surface area contributed by atoms with Crippen molar-refractivity contribution in [3.63, 3.8) is 0 Å². The lowest BCUT2D eigenvalue weighted by Gasteiger charge is -2.24. The first-order valence-electron chi connectivity index (χ1n) is 5.47. The molecule has 1 aromatic carbocycles. The van der Waals surface area contributed by atoms with E-state index in [1.165, 1.54) is 19.3 Å². The van der Waals surface area contributed by atoms with Crippen molar-refractivity contribution < 1.29 is 4.79 Å². The standard InChI is InChI=1S/C13H15BrO/c1-9-11(6-3-7-12(9)14)13(15)8-10-4-2-5-10/h3,6-7,10H,2,4-5,8H2,1H3. The Labute approximate surface area is 99.0 Å². The highest BCUT2D eigenvalue weighted by Crippen LogP contribution is 2.31. The number of carbonyl (C=O) groups excluding carboxylic acids is 1. The highest BCUT2D eigenvalue weighted by molar-refractivity contribution is 9.10. The molecular formula is C13H15BrO. The lowest BCUT2D eigenvalue weighted by Crippen LogP contribution is -2.16. The van der Waals surface area contributed by atoms with Crippen LogP contribution in [0, 0.1) is 12.8 Å². The smallest absolute Gasteiger partial charge is 0.163 e. The Kier molecular flexibility index (Phi) is 3.25. The molecule has 0 aromatic heterocycles. The summed E-state index contributed by atoms with van der Waals surface area (Å²) in [4.78, 5) is 12.0. The molecule has 1 fully saturated rings. The molecule has 1 aromatic rings. The summed E-state index contributed by atoms with van der Waals surface area (Å²) in [5.41, 5.74) is 1.96. The summed E-state index contributed by atoms with van der Waals surface area (Å²) < 4.78 is 1.03. The fourth-order valence-electron chi connectivity index (χ4n) is 1.98. The number of halogens is 1. The van der Waals surface area contributed by atoms with Crippen molar-refractivity contribution >= 4 is 21.7 Å². The number of carbonyl (C=O) groups is 1. The van der Waals surface area contributed by atoms with Crippen molar-refractivity contribution in [3.05, 3.63) is 33.8 Å². The van der Waals surface area contributed by atoms with Gasteiger partial charge in [0.15, 0.2) is 5.78 Å². The topological polar surface area (TPSA) is 17.1 Å². The quantitative estimate of drug-likeness (QED) is 0.752. The van der Waals surface area contributed by atoms with Crippen LogP contribution in [0.5, 0.6) is 0 Å². The fraction of sp³-hybridized carbons (Fsp3) is 0.462. The van der Waals surface area contributed by atoms with Gasteiger partial charge < -0.3 is 0 Å². The molecule has 0 radical (unpaired) electrons. The van der Waals surface area contributed by atoms with Crippen molar-refractivity contribution in [1.82, 2.24) is 0 Å². The Morgan fingerprint density at radius 1 is 1.47 bits per heavy atom. The molecule has 1 aliphatic rings. The van der Waals surface area contributed by atoms with Crippen molar-refractivity contribution in [2.45, 2.75) is 32.6 Å². The van der Waals surface area contributed by atoms with Gasteiger partial charge in [-0.25, -0.2) is 0 Å². The van der Waals surface area contributed by atoms with Gasteiger partial charge in [0, 0.05) is 16.5 Å². The summed E-state index contributed by atoms with van der Waals surface area (Å²) in [7, 11) is 0. The monoisotopic (exact) mass is 266 g/mol. The van der Waals surface area contributed by atoms with Gasteiger partial charge in [-0.1, -0.05) is 47.3 Å². The van der Waals surface area contributed by atoms with E-state index in [1.807, 2.05) is 25.1 Å². The van der Waals surface area contributed by atoms with Crippen LogP contribution in [-0.2, 0) is 0 Å². The van der Waals surface area contributed by atoms with Crippen LogP contribution in [0.3, 0.4) is 0 Å². The van der Waals surface area contributed by atoms with Crippen molar-refractivity contribution in [2.75, 3.05) is 0 Å². The van der Waals surface area contributed by atoms with Crippen LogP contribution in [0.25, 0.3) is 0 Å². The normalized spacial score (nSPS) is 16.1. The Balaban J connectivity index is 2.13. The summed E-state index contributed by atoms with van der Waals surface area (Å²) in [6.45, 7) is 2.00. The van der Waals surface area contributed by atoms with E-state index in [-0.39, 0.29) is 0 Å². The van der Waals surface area contributed by atoms with E-state index in [2.05, 4.69) is 15.9 Å². The zero-order chi connectivity index (χ0) is 10.8. The summed E-state index contributed by atoms with van der Waals surface area (Å²) in [5, 5.41) is 0. The van der Waals surface area contributed by atoms with E-state index in [1.54, 1.807) is 0 Å². The molecule has 0 aliphatic heterocycles. The van der Waals surface area contributed by atoms with E-state index >= 15 is 0 Å². The van der Waals surface area contributed by atoms with Crippen LogP contribution >= 0.6 is 15.9 Å². The maximum absolute atomic E-state index is 12.0. The Bertz CT molecular complexity index is 380. The Morgan fingerprint density at radius 3 is 2.80 bits per heavy atom. The molecule has 0 heterocycles. The van der Waals surface area contributed by atoms with E-state index in [0.29, 0.717) is 11.7 Å². The molecule has 0 saturated heterocycles. The first-order valence-corrected chi connectivity index (χ1v) is 6.26. The number of rotatable bonds is 3. The fourth-order valence-corrected chi connectivity index (χ4v) is 2.34. The highest BCUT2D eigenvalue weighted by Gasteiger charge is 2.22. The number of ketones is 1. The zero-order valence-electron chi connectivity index (χ0n) is 8.92. The average Bonchev–Trinajstić information content (AvgIpc) is 2.15. The lowest BCUT2D eigenvalue weighted by molar-refractivity contribution is 0.0936. The molecule has 80 valence electrons. The lowest BCUT2D eigenvalue weighted by atomic mass is 9.80. The Morgan fingerprint density at radius 2 is 2.20 bits per heavy atom. The maximum atomic E-state index is 12.0. The molecule has 0 unspecified atom stereocenters. The third kappa shape index (κ3) is 2.31. The van der Waals surface area contributed by atoms with Crippen molar-refractivity contribution in [2.24, 2.45) is 5.92 Å². The second-order valence-corrected chi connectivity index (χ2v) is 5.19. The van der Waals surface area contributed by atoms with Crippen LogP contribution in [0.15, 0.2) is 22.7 Å². The van der Waals surface area contributed by atoms with Gasteiger partial charge in [-0.15, -0.1) is 0 Å². The van der Waals surface area contributed by atoms with E-state index in [0.717, 1.165) is 22.0 Å². The van der Waals surface area contributed by atoms with Gasteiger partial charge in [-0.3, -0.25) is 4.79 Å². The predicted octanol–water partition coefficient (Wildman–Crippen LogP) is 4.13. The Hall–Kier alpha value is -0.630. The molecule has 0 atom stereocenters. The number of benzene rings is 1. The van der Waals surface area contributed by atoms with E-state index in [9.17, 15) is 4.79 Å². The molecule has 1 saturated carbocycles. The first-order chi connectivity index (χ1) is 7.18. The second kappa shape index (κ2) is 4.48. The summed E-state index contributed by atoms with van der Waals surface area (Å²) in [6.07, 6.45) is 4.50.